The van der Waals surface area contributed by atoms with Gasteiger partial charge < -0.3 is 5.11 Å². The molecule has 1 rings (SSSR count). The van der Waals surface area contributed by atoms with Crippen LogP contribution in [0.1, 0.15) is 26.7 Å². The van der Waals surface area contributed by atoms with Crippen LogP contribution in [0.15, 0.2) is 30.3 Å². The van der Waals surface area contributed by atoms with Gasteiger partial charge in [0.05, 0.1) is 12.1 Å². The summed E-state index contributed by atoms with van der Waals surface area (Å²) in [6.45, 7) is 2.35. The Balaban J connectivity index is 3.10. The van der Waals surface area contributed by atoms with Crippen LogP contribution in [0.25, 0.3) is 0 Å². The number of rotatable bonds is 4. The van der Waals surface area contributed by atoms with Gasteiger partial charge in [0.15, 0.2) is 0 Å². The number of hydrogen-bond donors (Lipinski definition) is 1. The van der Waals surface area contributed by atoms with Crippen molar-refractivity contribution >= 4 is 29.4 Å². The summed E-state index contributed by atoms with van der Waals surface area (Å²) in [4.78, 5) is 46.1. The molecule has 1 N–H and O–H groups in total. The highest BCUT2D eigenvalue weighted by Gasteiger charge is 2.29. The van der Waals surface area contributed by atoms with E-state index in [9.17, 15) is 19.2 Å². The number of anilines is 1. The van der Waals surface area contributed by atoms with Gasteiger partial charge in [-0.3, -0.25) is 19.2 Å². The quantitative estimate of drug-likeness (QED) is 0.841. The molecule has 0 heterocycles. The Kier molecular flexibility index (Phi) is 5.59. The highest BCUT2D eigenvalue weighted by Crippen LogP contribution is 2.18. The van der Waals surface area contributed by atoms with E-state index in [0.717, 1.165) is 11.9 Å². The van der Waals surface area contributed by atoms with Gasteiger partial charge >= 0.3 is 5.97 Å². The van der Waals surface area contributed by atoms with Crippen molar-refractivity contribution in [1.29, 1.82) is 0 Å². The zero-order valence-electron chi connectivity index (χ0n) is 11.8. The molecule has 0 aliphatic rings. The summed E-state index contributed by atoms with van der Waals surface area (Å²) in [6, 6.07) is 8.19. The van der Waals surface area contributed by atoms with Crippen LogP contribution in [0.2, 0.25) is 0 Å². The molecule has 0 saturated carbocycles. The Morgan fingerprint density at radius 1 is 0.952 bits per heavy atom. The van der Waals surface area contributed by atoms with Gasteiger partial charge in [-0.15, -0.1) is 0 Å². The van der Waals surface area contributed by atoms with Crippen molar-refractivity contribution in [3.05, 3.63) is 30.3 Å². The van der Waals surface area contributed by atoms with E-state index in [1.165, 1.54) is 6.92 Å². The molecule has 0 fully saturated rings. The van der Waals surface area contributed by atoms with Crippen molar-refractivity contribution in [2.45, 2.75) is 26.7 Å². The Morgan fingerprint density at radius 3 is 1.95 bits per heavy atom. The first-order valence-electron chi connectivity index (χ1n) is 6.25. The van der Waals surface area contributed by atoms with E-state index in [1.54, 1.807) is 30.3 Å². The van der Waals surface area contributed by atoms with Gasteiger partial charge in [0.1, 0.15) is 0 Å². The van der Waals surface area contributed by atoms with Crippen LogP contribution in [0.5, 0.6) is 0 Å². The molecule has 0 aliphatic heterocycles. The maximum Gasteiger partial charge on any atom is 0.303 e. The second-order valence-corrected chi connectivity index (χ2v) is 4.28. The maximum absolute atomic E-state index is 12.1. The van der Waals surface area contributed by atoms with Gasteiger partial charge in [-0.1, -0.05) is 18.2 Å². The van der Waals surface area contributed by atoms with E-state index in [2.05, 4.69) is 0 Å². The summed E-state index contributed by atoms with van der Waals surface area (Å²) >= 11 is 0. The molecule has 0 radical (unpaired) electrons. The molecule has 1 aromatic rings. The zero-order valence-corrected chi connectivity index (χ0v) is 11.8. The molecule has 1 aromatic carbocycles. The summed E-state index contributed by atoms with van der Waals surface area (Å²) in [7, 11) is 0. The van der Waals surface area contributed by atoms with Crippen molar-refractivity contribution in [2.24, 2.45) is 0 Å². The smallest absolute Gasteiger partial charge is 0.303 e. The van der Waals surface area contributed by atoms with Crippen molar-refractivity contribution in [3.63, 3.8) is 0 Å². The van der Waals surface area contributed by atoms with Crippen molar-refractivity contribution < 1.29 is 24.3 Å². The van der Waals surface area contributed by atoms with E-state index in [-0.39, 0.29) is 6.42 Å². The summed E-state index contributed by atoms with van der Waals surface area (Å²) in [6.07, 6.45) is -0.783. The van der Waals surface area contributed by atoms with Crippen LogP contribution in [0.4, 0.5) is 5.69 Å². The van der Waals surface area contributed by atoms with E-state index >= 15 is 0 Å². The minimum Gasteiger partial charge on any atom is -0.481 e. The fraction of sp³-hybridized carbons (Fsp3) is 0.286. The number of nitrogens with zero attached hydrogens (tertiary/aromatic N) is 2. The Labute approximate surface area is 121 Å². The van der Waals surface area contributed by atoms with Gasteiger partial charge in [0, 0.05) is 20.3 Å². The predicted octanol–water partition coefficient (Wildman–Crippen LogP) is 1.19. The monoisotopic (exact) mass is 292 g/mol. The standard InChI is InChI=1S/C14H16N2O5/c1-10(17)15(12-6-4-3-5-7-12)16(11(2)18)13(19)8-9-14(20)21/h3-7H,8-9H2,1-2H3,(H,20,21). The SMILES string of the molecule is CC(=O)N(C(=O)CCC(=O)O)N(C(C)=O)c1ccccc1. The van der Waals surface area contributed by atoms with Gasteiger partial charge in [-0.25, -0.2) is 5.01 Å². The zero-order chi connectivity index (χ0) is 16.0. The van der Waals surface area contributed by atoms with Crippen LogP contribution >= 0.6 is 0 Å². The lowest BCUT2D eigenvalue weighted by Crippen LogP contribution is -2.51. The lowest BCUT2D eigenvalue weighted by molar-refractivity contribution is -0.149. The Bertz CT molecular complexity index is 556. The molecule has 0 bridgehead atoms. The number of carbonyl (C=O) groups is 4. The summed E-state index contributed by atoms with van der Waals surface area (Å²) in [5.41, 5.74) is 0.351. The molecule has 21 heavy (non-hydrogen) atoms. The Morgan fingerprint density at radius 2 is 1.52 bits per heavy atom. The van der Waals surface area contributed by atoms with Crippen molar-refractivity contribution in [2.75, 3.05) is 5.01 Å². The van der Waals surface area contributed by atoms with Gasteiger partial charge in [0.25, 0.3) is 0 Å². The summed E-state index contributed by atoms with van der Waals surface area (Å²) < 4.78 is 0. The largest absolute Gasteiger partial charge is 0.481 e. The van der Waals surface area contributed by atoms with Gasteiger partial charge in [0.2, 0.25) is 17.7 Å². The van der Waals surface area contributed by atoms with E-state index in [0.29, 0.717) is 10.7 Å². The molecule has 0 spiro atoms. The fourth-order valence-corrected chi connectivity index (χ4v) is 1.76. The molecule has 0 saturated heterocycles. The number of hydrogen-bond acceptors (Lipinski definition) is 4. The van der Waals surface area contributed by atoms with E-state index < -0.39 is 30.1 Å². The Hall–Kier alpha value is -2.70. The van der Waals surface area contributed by atoms with E-state index in [4.69, 9.17) is 5.11 Å². The summed E-state index contributed by atoms with van der Waals surface area (Å²) in [5, 5.41) is 10.2. The molecule has 3 amide bonds. The highest BCUT2D eigenvalue weighted by molar-refractivity contribution is 6.04. The van der Waals surface area contributed by atoms with Crippen LogP contribution in [-0.4, -0.2) is 33.8 Å². The average Bonchev–Trinajstić information content (AvgIpc) is 2.42. The average molecular weight is 292 g/mol. The summed E-state index contributed by atoms with van der Waals surface area (Å²) in [5.74, 6) is -3.09. The van der Waals surface area contributed by atoms with E-state index in [1.807, 2.05) is 0 Å². The first kappa shape index (κ1) is 16.4. The number of hydrazine groups is 1. The number of para-hydroxylation sites is 1. The topological polar surface area (TPSA) is 95.0 Å². The normalized spacial score (nSPS) is 9.81. The molecule has 7 nitrogen and oxygen atoms in total. The second kappa shape index (κ2) is 7.18. The second-order valence-electron chi connectivity index (χ2n) is 4.28. The number of amides is 3. The number of carbonyl (C=O) groups excluding carboxylic acids is 3. The van der Waals surface area contributed by atoms with Crippen molar-refractivity contribution in [1.82, 2.24) is 5.01 Å². The van der Waals surface area contributed by atoms with Crippen LogP contribution in [0, 0.1) is 0 Å². The number of aliphatic carboxylic acids is 1. The number of benzene rings is 1. The molecular weight excluding hydrogens is 276 g/mol. The third kappa shape index (κ3) is 4.41. The molecule has 0 aromatic heterocycles. The maximum atomic E-state index is 12.1. The molecular formula is C14H16N2O5. The highest BCUT2D eigenvalue weighted by atomic mass is 16.4. The predicted molar refractivity (Wildman–Crippen MR) is 74.0 cm³/mol. The van der Waals surface area contributed by atoms with Gasteiger partial charge in [-0.2, -0.15) is 5.01 Å². The first-order chi connectivity index (χ1) is 9.84. The minimum atomic E-state index is -1.15. The molecule has 112 valence electrons. The number of carboxylic acid groups (broad SMARTS) is 1. The number of carboxylic acids is 1. The van der Waals surface area contributed by atoms with Gasteiger partial charge in [-0.05, 0) is 12.1 Å². The fourth-order valence-electron chi connectivity index (χ4n) is 1.76. The lowest BCUT2D eigenvalue weighted by Gasteiger charge is -2.31. The first-order valence-corrected chi connectivity index (χ1v) is 6.25. The molecule has 7 heteroatoms. The van der Waals surface area contributed by atoms with Crippen LogP contribution in [0.3, 0.4) is 0 Å². The van der Waals surface area contributed by atoms with Crippen LogP contribution < -0.4 is 5.01 Å². The third-order valence-electron chi connectivity index (χ3n) is 2.59. The van der Waals surface area contributed by atoms with Crippen LogP contribution in [-0.2, 0) is 19.2 Å². The third-order valence-corrected chi connectivity index (χ3v) is 2.59. The lowest BCUT2D eigenvalue weighted by atomic mass is 10.2. The molecule has 0 aliphatic carbocycles. The molecule has 0 unspecified atom stereocenters. The number of imide groups is 1. The molecule has 0 atom stereocenters. The van der Waals surface area contributed by atoms with Crippen molar-refractivity contribution in [3.8, 4) is 0 Å². The minimum absolute atomic E-state index is 0.351.